The Hall–Kier alpha value is -1.42. The van der Waals surface area contributed by atoms with Gasteiger partial charge in [0.1, 0.15) is 0 Å². The summed E-state index contributed by atoms with van der Waals surface area (Å²) in [5.74, 6) is 0.0851. The minimum Gasteiger partial charge on any atom is -0.352 e. The summed E-state index contributed by atoms with van der Waals surface area (Å²) in [6, 6.07) is 2.10. The third-order valence-corrected chi connectivity index (χ3v) is 2.68. The van der Waals surface area contributed by atoms with Gasteiger partial charge in [0.25, 0.3) is 0 Å². The lowest BCUT2D eigenvalue weighted by Gasteiger charge is -2.08. The van der Waals surface area contributed by atoms with Crippen LogP contribution in [0.25, 0.3) is 0 Å². The van der Waals surface area contributed by atoms with Gasteiger partial charge in [-0.05, 0) is 43.9 Å². The highest BCUT2D eigenvalue weighted by Crippen LogP contribution is 2.04. The zero-order valence-corrected chi connectivity index (χ0v) is 10.6. The van der Waals surface area contributed by atoms with E-state index in [-0.39, 0.29) is 11.9 Å². The van der Waals surface area contributed by atoms with Gasteiger partial charge in [-0.2, -0.15) is 0 Å². The van der Waals surface area contributed by atoms with Crippen molar-refractivity contribution in [1.82, 2.24) is 10.3 Å². The second-order valence-corrected chi connectivity index (χ2v) is 4.45. The van der Waals surface area contributed by atoms with E-state index in [1.807, 2.05) is 19.9 Å². The number of rotatable bonds is 6. The van der Waals surface area contributed by atoms with Gasteiger partial charge in [-0.3, -0.25) is 9.78 Å². The largest absolute Gasteiger partial charge is 0.352 e. The molecule has 3 N–H and O–H groups in total. The number of carbonyl (C=O) groups is 1. The van der Waals surface area contributed by atoms with Crippen molar-refractivity contribution >= 4 is 5.91 Å². The lowest BCUT2D eigenvalue weighted by molar-refractivity contribution is -0.121. The highest BCUT2D eigenvalue weighted by atomic mass is 16.1. The first kappa shape index (κ1) is 13.6. The quantitative estimate of drug-likeness (QED) is 0.785. The molecule has 94 valence electrons. The Labute approximate surface area is 103 Å². The van der Waals surface area contributed by atoms with Gasteiger partial charge >= 0.3 is 0 Å². The lowest BCUT2D eigenvalue weighted by atomic mass is 10.1. The van der Waals surface area contributed by atoms with E-state index >= 15 is 0 Å². The Balaban J connectivity index is 2.26. The molecule has 1 atom stereocenters. The van der Waals surface area contributed by atoms with Crippen LogP contribution >= 0.6 is 0 Å². The van der Waals surface area contributed by atoms with Crippen molar-refractivity contribution in [2.75, 3.05) is 0 Å². The SMILES string of the molecule is Cc1cnccc1CNC(=O)CCCC(C)N. The van der Waals surface area contributed by atoms with E-state index in [0.717, 1.165) is 24.0 Å². The average molecular weight is 235 g/mol. The summed E-state index contributed by atoms with van der Waals surface area (Å²) in [6.07, 6.45) is 5.83. The molecule has 1 aromatic rings. The molecule has 0 radical (unpaired) electrons. The van der Waals surface area contributed by atoms with E-state index in [4.69, 9.17) is 5.73 Å². The summed E-state index contributed by atoms with van der Waals surface area (Å²) in [6.45, 7) is 4.52. The number of nitrogens with two attached hydrogens (primary N) is 1. The molecule has 0 aliphatic rings. The summed E-state index contributed by atoms with van der Waals surface area (Å²) in [5.41, 5.74) is 7.84. The molecule has 0 bridgehead atoms. The van der Waals surface area contributed by atoms with Gasteiger partial charge in [-0.1, -0.05) is 0 Å². The van der Waals surface area contributed by atoms with Crippen LogP contribution in [0.4, 0.5) is 0 Å². The Kier molecular flexibility index (Phi) is 5.63. The number of nitrogens with one attached hydrogen (secondary N) is 1. The van der Waals surface area contributed by atoms with Gasteiger partial charge in [-0.15, -0.1) is 0 Å². The maximum absolute atomic E-state index is 11.5. The van der Waals surface area contributed by atoms with Crippen LogP contribution in [-0.2, 0) is 11.3 Å². The van der Waals surface area contributed by atoms with Crippen LogP contribution in [0, 0.1) is 6.92 Å². The van der Waals surface area contributed by atoms with E-state index < -0.39 is 0 Å². The van der Waals surface area contributed by atoms with E-state index in [9.17, 15) is 4.79 Å². The van der Waals surface area contributed by atoms with Gasteiger partial charge in [-0.25, -0.2) is 0 Å². The van der Waals surface area contributed by atoms with Crippen LogP contribution in [0.2, 0.25) is 0 Å². The standard InChI is InChI=1S/C13H21N3O/c1-10-8-15-7-6-12(10)9-16-13(17)5-3-4-11(2)14/h6-8,11H,3-5,9,14H2,1-2H3,(H,16,17). The number of amides is 1. The number of carbonyl (C=O) groups excluding carboxylic acids is 1. The normalized spacial score (nSPS) is 12.2. The van der Waals surface area contributed by atoms with Crippen LogP contribution in [0.5, 0.6) is 0 Å². The predicted octanol–water partition coefficient (Wildman–Crippen LogP) is 1.52. The first-order valence-electron chi connectivity index (χ1n) is 6.01. The fourth-order valence-corrected chi connectivity index (χ4v) is 1.57. The maximum atomic E-state index is 11.5. The number of aryl methyl sites for hydroxylation is 1. The molecule has 0 fully saturated rings. The van der Waals surface area contributed by atoms with E-state index in [1.54, 1.807) is 12.4 Å². The fraction of sp³-hybridized carbons (Fsp3) is 0.538. The highest BCUT2D eigenvalue weighted by molar-refractivity contribution is 5.75. The van der Waals surface area contributed by atoms with Gasteiger partial charge < -0.3 is 11.1 Å². The average Bonchev–Trinajstić information content (AvgIpc) is 2.27. The molecule has 1 unspecified atom stereocenters. The van der Waals surface area contributed by atoms with Crippen LogP contribution in [0.3, 0.4) is 0 Å². The highest BCUT2D eigenvalue weighted by Gasteiger charge is 2.03. The van der Waals surface area contributed by atoms with Crippen LogP contribution in [0.1, 0.15) is 37.3 Å². The Morgan fingerprint density at radius 3 is 3.00 bits per heavy atom. The van der Waals surface area contributed by atoms with Crippen molar-refractivity contribution < 1.29 is 4.79 Å². The minimum absolute atomic E-state index is 0.0851. The van der Waals surface area contributed by atoms with Gasteiger partial charge in [0.05, 0.1) is 0 Å². The first-order chi connectivity index (χ1) is 8.09. The molecule has 0 saturated carbocycles. The Morgan fingerprint density at radius 2 is 2.35 bits per heavy atom. The summed E-state index contributed by atoms with van der Waals surface area (Å²) < 4.78 is 0. The molecule has 0 saturated heterocycles. The van der Waals surface area contributed by atoms with Gasteiger partial charge in [0, 0.05) is 31.4 Å². The first-order valence-corrected chi connectivity index (χ1v) is 6.01. The molecule has 1 rings (SSSR count). The Morgan fingerprint density at radius 1 is 1.59 bits per heavy atom. The molecule has 4 heteroatoms. The number of pyridine rings is 1. The van der Waals surface area contributed by atoms with Crippen molar-refractivity contribution in [3.63, 3.8) is 0 Å². The predicted molar refractivity (Wildman–Crippen MR) is 68.3 cm³/mol. The summed E-state index contributed by atoms with van der Waals surface area (Å²) in [4.78, 5) is 15.6. The molecular formula is C13H21N3O. The van der Waals surface area contributed by atoms with Crippen LogP contribution < -0.4 is 11.1 Å². The zero-order chi connectivity index (χ0) is 12.7. The molecular weight excluding hydrogens is 214 g/mol. The molecule has 0 spiro atoms. The number of aromatic nitrogens is 1. The maximum Gasteiger partial charge on any atom is 0.220 e. The summed E-state index contributed by atoms with van der Waals surface area (Å²) in [5, 5.41) is 2.91. The molecule has 4 nitrogen and oxygen atoms in total. The molecule has 1 aromatic heterocycles. The van der Waals surface area contributed by atoms with Crippen LogP contribution in [-0.4, -0.2) is 16.9 Å². The minimum atomic E-state index is 0.0851. The third kappa shape index (κ3) is 5.45. The molecule has 0 aliphatic carbocycles. The third-order valence-electron chi connectivity index (χ3n) is 2.68. The summed E-state index contributed by atoms with van der Waals surface area (Å²) in [7, 11) is 0. The van der Waals surface area contributed by atoms with Crippen molar-refractivity contribution in [3.8, 4) is 0 Å². The molecule has 17 heavy (non-hydrogen) atoms. The van der Waals surface area contributed by atoms with Crippen molar-refractivity contribution in [3.05, 3.63) is 29.6 Å². The molecule has 0 aromatic carbocycles. The van der Waals surface area contributed by atoms with Gasteiger partial charge in [0.2, 0.25) is 5.91 Å². The van der Waals surface area contributed by atoms with Crippen molar-refractivity contribution in [2.24, 2.45) is 5.73 Å². The topological polar surface area (TPSA) is 68.0 Å². The monoisotopic (exact) mass is 235 g/mol. The van der Waals surface area contributed by atoms with E-state index in [2.05, 4.69) is 10.3 Å². The van der Waals surface area contributed by atoms with Gasteiger partial charge in [0.15, 0.2) is 0 Å². The van der Waals surface area contributed by atoms with Crippen molar-refractivity contribution in [2.45, 2.75) is 45.7 Å². The molecule has 0 aliphatic heterocycles. The Bertz CT molecular complexity index is 363. The van der Waals surface area contributed by atoms with Crippen molar-refractivity contribution in [1.29, 1.82) is 0 Å². The number of hydrogen-bond donors (Lipinski definition) is 2. The molecule has 1 amide bonds. The lowest BCUT2D eigenvalue weighted by Crippen LogP contribution is -2.23. The fourth-order valence-electron chi connectivity index (χ4n) is 1.57. The van der Waals surface area contributed by atoms with E-state index in [1.165, 1.54) is 0 Å². The summed E-state index contributed by atoms with van der Waals surface area (Å²) >= 11 is 0. The number of hydrogen-bond acceptors (Lipinski definition) is 3. The number of nitrogens with zero attached hydrogens (tertiary/aromatic N) is 1. The smallest absolute Gasteiger partial charge is 0.220 e. The second-order valence-electron chi connectivity index (χ2n) is 4.45. The van der Waals surface area contributed by atoms with E-state index in [0.29, 0.717) is 13.0 Å². The van der Waals surface area contributed by atoms with Crippen LogP contribution in [0.15, 0.2) is 18.5 Å². The molecule has 1 heterocycles. The zero-order valence-electron chi connectivity index (χ0n) is 10.6. The second kappa shape index (κ2) is 7.01.